The van der Waals surface area contributed by atoms with Gasteiger partial charge in [0.15, 0.2) is 5.82 Å². The van der Waals surface area contributed by atoms with Gasteiger partial charge in [0.05, 0.1) is 39.6 Å². The van der Waals surface area contributed by atoms with Gasteiger partial charge in [-0.05, 0) is 82.2 Å². The van der Waals surface area contributed by atoms with Gasteiger partial charge in [-0.1, -0.05) is 17.7 Å². The highest BCUT2D eigenvalue weighted by atomic mass is 35.5. The summed E-state index contributed by atoms with van der Waals surface area (Å²) in [6, 6.07) is 10.1. The van der Waals surface area contributed by atoms with Crippen molar-refractivity contribution in [2.75, 3.05) is 60.9 Å². The average molecular weight is 801 g/mol. The molecule has 17 heteroatoms. The SMILES string of the molecule is Cn1c(=O)n(CCC(C)(C)O)c2cc(Nc3nc(N4CCC(CN5CCN(c6cccc7c6C(=O)N(C6CCC(O)NC6=O)C7=O)CC5)CC4)ncc3Cl)ccc21. The smallest absolute Gasteiger partial charge is 0.328 e. The average Bonchev–Trinajstić information content (AvgIpc) is 3.58. The van der Waals surface area contributed by atoms with E-state index in [0.29, 0.717) is 59.9 Å². The number of carbonyl (C=O) groups excluding carboxylic acids is 3. The number of aliphatic hydroxyl groups is 2. The minimum absolute atomic E-state index is 0.144. The van der Waals surface area contributed by atoms with Crippen molar-refractivity contribution in [1.82, 2.24) is 34.2 Å². The molecule has 16 nitrogen and oxygen atoms in total. The highest BCUT2D eigenvalue weighted by molar-refractivity contribution is 6.33. The number of anilines is 4. The number of aryl methyl sites for hydroxylation is 2. The summed E-state index contributed by atoms with van der Waals surface area (Å²) in [5, 5.41) is 26.2. The summed E-state index contributed by atoms with van der Waals surface area (Å²) in [5.74, 6) is 0.137. The van der Waals surface area contributed by atoms with Crippen LogP contribution in [0.5, 0.6) is 0 Å². The molecule has 0 aliphatic carbocycles. The predicted octanol–water partition coefficient (Wildman–Crippen LogP) is 2.92. The summed E-state index contributed by atoms with van der Waals surface area (Å²) in [6.07, 6.45) is 3.53. The Bertz CT molecular complexity index is 2270. The van der Waals surface area contributed by atoms with Crippen molar-refractivity contribution < 1.29 is 24.6 Å². The van der Waals surface area contributed by atoms with E-state index in [4.69, 9.17) is 16.6 Å². The van der Waals surface area contributed by atoms with Crippen molar-refractivity contribution in [2.24, 2.45) is 13.0 Å². The van der Waals surface area contributed by atoms with Crippen LogP contribution in [0.25, 0.3) is 11.0 Å². The lowest BCUT2D eigenvalue weighted by Gasteiger charge is -2.40. The Kier molecular flexibility index (Phi) is 10.5. The van der Waals surface area contributed by atoms with Gasteiger partial charge < -0.3 is 30.6 Å². The molecule has 57 heavy (non-hydrogen) atoms. The number of nitrogens with zero attached hydrogens (tertiary/aromatic N) is 8. The molecule has 0 radical (unpaired) electrons. The molecule has 2 aromatic carbocycles. The number of fused-ring (bicyclic) bond motifs is 2. The van der Waals surface area contributed by atoms with E-state index in [-0.39, 0.29) is 18.5 Å². The first-order valence-electron chi connectivity index (χ1n) is 19.7. The number of hydrogen-bond acceptors (Lipinski definition) is 12. The lowest BCUT2D eigenvalue weighted by molar-refractivity contribution is -0.131. The van der Waals surface area contributed by atoms with Crippen LogP contribution in [0, 0.1) is 5.92 Å². The van der Waals surface area contributed by atoms with E-state index in [1.54, 1.807) is 48.4 Å². The molecule has 6 heterocycles. The van der Waals surface area contributed by atoms with Gasteiger partial charge in [-0.2, -0.15) is 4.98 Å². The number of aromatic nitrogens is 4. The number of rotatable bonds is 10. The standard InChI is InChI=1S/C40H49ClN10O6/c1-40(2,57)13-16-50-31-21-25(7-8-28(31)46(3)39(50)56)43-34-27(41)22-42-38(45-34)49-14-11-24(12-15-49)23-47-17-19-48(20-18-47)29-6-4-5-26-33(29)37(55)51(36(26)54)30-9-10-32(52)44-35(30)53/h4-8,21-22,24,30,32,52,57H,9-20,23H2,1-3H3,(H,44,53)(H,42,43,45). The molecule has 8 rings (SSSR count). The Hall–Kier alpha value is -5.03. The minimum atomic E-state index is -0.970. The third kappa shape index (κ3) is 7.70. The van der Waals surface area contributed by atoms with Gasteiger partial charge in [0.2, 0.25) is 11.9 Å². The lowest BCUT2D eigenvalue weighted by Crippen LogP contribution is -2.55. The molecule has 3 amide bonds. The lowest BCUT2D eigenvalue weighted by atomic mass is 9.96. The van der Waals surface area contributed by atoms with E-state index in [2.05, 4.69) is 30.3 Å². The summed E-state index contributed by atoms with van der Waals surface area (Å²) in [6.45, 7) is 9.45. The fourth-order valence-corrected chi connectivity index (χ4v) is 8.67. The number of imidazole rings is 1. The van der Waals surface area contributed by atoms with Gasteiger partial charge in [0, 0.05) is 65.1 Å². The zero-order chi connectivity index (χ0) is 40.2. The molecule has 3 fully saturated rings. The van der Waals surface area contributed by atoms with Gasteiger partial charge in [0.1, 0.15) is 17.3 Å². The van der Waals surface area contributed by atoms with Crippen LogP contribution in [0.4, 0.5) is 23.1 Å². The maximum atomic E-state index is 13.7. The number of imide groups is 1. The third-order valence-corrected chi connectivity index (χ3v) is 12.1. The van der Waals surface area contributed by atoms with Gasteiger partial charge in [-0.25, -0.2) is 9.78 Å². The van der Waals surface area contributed by atoms with Gasteiger partial charge in [-0.3, -0.25) is 33.3 Å². The molecule has 3 saturated heterocycles. The molecule has 4 N–H and O–H groups in total. The highest BCUT2D eigenvalue weighted by Crippen LogP contribution is 2.35. The molecule has 2 aromatic heterocycles. The van der Waals surface area contributed by atoms with Crippen LogP contribution in [-0.2, 0) is 18.4 Å². The molecule has 302 valence electrons. The number of piperazine rings is 1. The Morgan fingerprint density at radius 1 is 0.930 bits per heavy atom. The zero-order valence-corrected chi connectivity index (χ0v) is 33.2. The van der Waals surface area contributed by atoms with Crippen molar-refractivity contribution in [2.45, 2.75) is 70.4 Å². The molecule has 4 aromatic rings. The first kappa shape index (κ1) is 38.8. The van der Waals surface area contributed by atoms with Crippen LogP contribution < -0.4 is 26.1 Å². The Morgan fingerprint density at radius 3 is 2.40 bits per heavy atom. The van der Waals surface area contributed by atoms with Crippen molar-refractivity contribution in [3.63, 3.8) is 0 Å². The molecule has 0 bridgehead atoms. The molecule has 0 saturated carbocycles. The molecule has 2 atom stereocenters. The van der Waals surface area contributed by atoms with Crippen LogP contribution in [0.3, 0.4) is 0 Å². The summed E-state index contributed by atoms with van der Waals surface area (Å²) >= 11 is 6.58. The molecule has 4 aliphatic heterocycles. The predicted molar refractivity (Wildman–Crippen MR) is 216 cm³/mol. The number of nitrogens with one attached hydrogen (secondary N) is 2. The van der Waals surface area contributed by atoms with E-state index in [0.717, 1.165) is 72.9 Å². The van der Waals surface area contributed by atoms with E-state index < -0.39 is 35.6 Å². The zero-order valence-electron chi connectivity index (χ0n) is 32.4. The van der Waals surface area contributed by atoms with Gasteiger partial charge in [-0.15, -0.1) is 0 Å². The molecule has 2 unspecified atom stereocenters. The van der Waals surface area contributed by atoms with Gasteiger partial charge in [0.25, 0.3) is 11.8 Å². The Balaban J connectivity index is 0.862. The second-order valence-electron chi connectivity index (χ2n) is 16.3. The second kappa shape index (κ2) is 15.4. The quantitative estimate of drug-likeness (QED) is 0.173. The van der Waals surface area contributed by atoms with Crippen molar-refractivity contribution in [1.29, 1.82) is 0 Å². The third-order valence-electron chi connectivity index (χ3n) is 11.8. The normalized spacial score (nSPS) is 21.1. The monoisotopic (exact) mass is 800 g/mol. The first-order chi connectivity index (χ1) is 27.3. The Labute approximate surface area is 335 Å². The van der Waals surface area contributed by atoms with Crippen molar-refractivity contribution >= 4 is 63.5 Å². The Morgan fingerprint density at radius 2 is 1.68 bits per heavy atom. The number of hydrogen-bond donors (Lipinski definition) is 4. The van der Waals surface area contributed by atoms with E-state index >= 15 is 0 Å². The van der Waals surface area contributed by atoms with Crippen LogP contribution in [0.2, 0.25) is 5.02 Å². The summed E-state index contributed by atoms with van der Waals surface area (Å²) in [4.78, 5) is 69.9. The van der Waals surface area contributed by atoms with Gasteiger partial charge >= 0.3 is 5.69 Å². The fourth-order valence-electron chi connectivity index (χ4n) is 8.53. The van der Waals surface area contributed by atoms with E-state index in [9.17, 15) is 29.4 Å². The maximum Gasteiger partial charge on any atom is 0.328 e. The number of halogens is 1. The second-order valence-corrected chi connectivity index (χ2v) is 16.7. The van der Waals surface area contributed by atoms with Crippen molar-refractivity contribution in [3.05, 3.63) is 69.2 Å². The highest BCUT2D eigenvalue weighted by Gasteiger charge is 2.46. The topological polar surface area (TPSA) is 181 Å². The number of aliphatic hydroxyl groups excluding tert-OH is 1. The van der Waals surface area contributed by atoms with E-state index in [1.807, 2.05) is 24.3 Å². The van der Waals surface area contributed by atoms with Crippen LogP contribution in [0.1, 0.15) is 66.7 Å². The number of piperidine rings is 2. The largest absolute Gasteiger partial charge is 0.390 e. The maximum absolute atomic E-state index is 13.7. The van der Waals surface area contributed by atoms with Crippen LogP contribution >= 0.6 is 11.6 Å². The van der Waals surface area contributed by atoms with Crippen LogP contribution in [0.15, 0.2) is 47.4 Å². The number of carbonyl (C=O) groups is 3. The minimum Gasteiger partial charge on any atom is -0.390 e. The number of benzene rings is 2. The van der Waals surface area contributed by atoms with Crippen LogP contribution in [-0.4, -0.2) is 121 Å². The summed E-state index contributed by atoms with van der Waals surface area (Å²) < 4.78 is 3.28. The molecule has 0 spiro atoms. The molecular formula is C40H49ClN10O6. The molecule has 4 aliphatic rings. The first-order valence-corrected chi connectivity index (χ1v) is 20.1. The van der Waals surface area contributed by atoms with Crippen molar-refractivity contribution in [3.8, 4) is 0 Å². The molecular weight excluding hydrogens is 752 g/mol. The van der Waals surface area contributed by atoms with E-state index in [1.165, 1.54) is 0 Å². The number of amides is 3. The summed E-state index contributed by atoms with van der Waals surface area (Å²) in [5.41, 5.74) is 2.61. The summed E-state index contributed by atoms with van der Waals surface area (Å²) in [7, 11) is 1.74. The fraction of sp³-hybridized carbons (Fsp3) is 0.500.